The molecule has 0 fully saturated rings. The number of rotatable bonds is 15. The highest BCUT2D eigenvalue weighted by Gasteiger charge is 2.98. The Bertz CT molecular complexity index is 880. The summed E-state index contributed by atoms with van der Waals surface area (Å²) in [6.07, 6.45) is -11.9. The summed E-state index contributed by atoms with van der Waals surface area (Å²) in [6, 6.07) is 0. The zero-order valence-corrected chi connectivity index (χ0v) is 20.9. The Balaban J connectivity index is 6.95. The molecule has 0 heterocycles. The number of hydrogen-bond donors (Lipinski definition) is 0. The minimum Gasteiger partial charge on any atom is -0.376 e. The van der Waals surface area contributed by atoms with E-state index in [1.165, 1.54) is 0 Å². The second-order valence-electron chi connectivity index (χ2n) is 7.69. The zero-order valence-electron chi connectivity index (χ0n) is 19.7. The first-order chi connectivity index (χ1) is 17.7. The maximum absolute atomic E-state index is 14.2. The van der Waals surface area contributed by atoms with Crippen molar-refractivity contribution in [2.45, 2.75) is 86.4 Å². The van der Waals surface area contributed by atoms with Gasteiger partial charge in [0, 0.05) is 13.2 Å². The lowest BCUT2D eigenvalue weighted by atomic mass is 9.85. The molecule has 248 valence electrons. The molecule has 0 spiro atoms. The minimum absolute atomic E-state index is 0.332. The lowest BCUT2D eigenvalue weighted by Gasteiger charge is -2.45. The van der Waals surface area contributed by atoms with Crippen molar-refractivity contribution in [2.75, 3.05) is 13.2 Å². The van der Waals surface area contributed by atoms with Crippen molar-refractivity contribution < 1.29 is 105 Å². The van der Waals surface area contributed by atoms with Gasteiger partial charge >= 0.3 is 69.0 Å². The van der Waals surface area contributed by atoms with Crippen LogP contribution in [0.2, 0.25) is 0 Å². The first kappa shape index (κ1) is 39.6. The molecule has 0 aliphatic carbocycles. The van der Waals surface area contributed by atoms with Crippen molar-refractivity contribution in [3.05, 3.63) is 0 Å². The molecule has 0 aromatic carbocycles. The summed E-state index contributed by atoms with van der Waals surface area (Å²) >= 11 is 0. The van der Waals surface area contributed by atoms with Crippen molar-refractivity contribution in [3.63, 3.8) is 0 Å². The van der Waals surface area contributed by atoms with Gasteiger partial charge < -0.3 is 13.3 Å². The molecule has 3 nitrogen and oxygen atoms in total. The Morgan fingerprint density at radius 1 is 0.439 bits per heavy atom. The first-order valence-electron chi connectivity index (χ1n) is 10.0. The first-order valence-corrected chi connectivity index (χ1v) is 11.4. The van der Waals surface area contributed by atoms with E-state index in [1.54, 1.807) is 0 Å². The van der Waals surface area contributed by atoms with Gasteiger partial charge in [-0.2, -0.15) is 92.2 Å². The van der Waals surface area contributed by atoms with Crippen LogP contribution in [-0.4, -0.2) is 88.3 Å². The van der Waals surface area contributed by atoms with Crippen LogP contribution in [0.15, 0.2) is 0 Å². The summed E-state index contributed by atoms with van der Waals surface area (Å²) in [5.41, 5.74) is 0. The maximum Gasteiger partial charge on any atom is 0.484 e. The van der Waals surface area contributed by atoms with Crippen molar-refractivity contribution in [3.8, 4) is 0 Å². The van der Waals surface area contributed by atoms with Gasteiger partial charge in [0.1, 0.15) is 6.10 Å². The monoisotopic (exact) mass is 682 g/mol. The zero-order chi connectivity index (χ0) is 33.7. The van der Waals surface area contributed by atoms with Gasteiger partial charge in [-0.1, -0.05) is 0 Å². The highest BCUT2D eigenvalue weighted by molar-refractivity contribution is 6.36. The molecule has 0 amide bonds. The smallest absolute Gasteiger partial charge is 0.376 e. The van der Waals surface area contributed by atoms with Gasteiger partial charge in [0.15, 0.2) is 0 Å². The standard InChI is InChI=1S/C16H15F21O3Si/c1-4-38-41(39-5-2)40-6(3)7(17,18)8(19,20)9(21,22)10(23,24)11(25,26)12(27,28)13(29,30)14(31,32)15(33,34)16(35,36)37/h6,41H,4-5H2,1-3H3/t6-/m1/s1. The molecule has 0 unspecified atom stereocenters. The average molecular weight is 682 g/mol. The van der Waals surface area contributed by atoms with E-state index in [0.717, 1.165) is 13.8 Å². The highest BCUT2D eigenvalue weighted by Crippen LogP contribution is 2.66. The van der Waals surface area contributed by atoms with E-state index in [0.29, 0.717) is 0 Å². The predicted molar refractivity (Wildman–Crippen MR) is 91.5 cm³/mol. The predicted octanol–water partition coefficient (Wildman–Crippen LogP) is 7.46. The van der Waals surface area contributed by atoms with Gasteiger partial charge in [0.05, 0.1) is 0 Å². The topological polar surface area (TPSA) is 27.7 Å². The second-order valence-corrected chi connectivity index (χ2v) is 9.21. The Morgan fingerprint density at radius 3 is 0.927 bits per heavy atom. The summed E-state index contributed by atoms with van der Waals surface area (Å²) in [4.78, 5) is 0. The van der Waals surface area contributed by atoms with Crippen LogP contribution >= 0.6 is 0 Å². The third-order valence-electron chi connectivity index (χ3n) is 4.97. The molecular formula is C16H15F21O3Si. The van der Waals surface area contributed by atoms with E-state index < -0.39 is 88.3 Å². The minimum atomic E-state index is -9.21. The molecule has 0 rings (SSSR count). The van der Waals surface area contributed by atoms with Gasteiger partial charge in [-0.25, -0.2) is 0 Å². The molecule has 41 heavy (non-hydrogen) atoms. The van der Waals surface area contributed by atoms with Crippen molar-refractivity contribution in [2.24, 2.45) is 0 Å². The van der Waals surface area contributed by atoms with Crippen LogP contribution in [0.5, 0.6) is 0 Å². The molecule has 0 N–H and O–H groups in total. The summed E-state index contributed by atoms with van der Waals surface area (Å²) in [5, 5.41) is 0. The van der Waals surface area contributed by atoms with Crippen LogP contribution in [0.3, 0.4) is 0 Å². The van der Waals surface area contributed by atoms with Crippen LogP contribution in [0.25, 0.3) is 0 Å². The van der Waals surface area contributed by atoms with E-state index in [2.05, 4.69) is 13.3 Å². The van der Waals surface area contributed by atoms with Crippen molar-refractivity contribution in [1.82, 2.24) is 0 Å². The molecule has 0 bridgehead atoms. The molecule has 0 aliphatic heterocycles. The SMILES string of the molecule is CCO[SiH](OCC)O[C@H](C)C(F)(F)C(F)(F)C(F)(F)C(F)(F)C(F)(F)C(F)(F)C(F)(F)C(F)(F)C(F)(F)C(F)(F)F. The fourth-order valence-corrected chi connectivity index (χ4v) is 3.78. The van der Waals surface area contributed by atoms with E-state index in [-0.39, 0.29) is 6.92 Å². The van der Waals surface area contributed by atoms with Gasteiger partial charge in [-0.05, 0) is 20.8 Å². The molecule has 1 atom stereocenters. The van der Waals surface area contributed by atoms with E-state index in [4.69, 9.17) is 0 Å². The largest absolute Gasteiger partial charge is 0.484 e. The molecule has 0 aromatic rings. The molecular weight excluding hydrogens is 667 g/mol. The maximum atomic E-state index is 14.2. The normalized spacial score (nSPS) is 16.9. The lowest BCUT2D eigenvalue weighted by molar-refractivity contribution is -0.475. The highest BCUT2D eigenvalue weighted by atomic mass is 28.3. The van der Waals surface area contributed by atoms with Gasteiger partial charge in [0.25, 0.3) is 0 Å². The third kappa shape index (κ3) is 5.67. The lowest BCUT2D eigenvalue weighted by Crippen LogP contribution is -2.77. The van der Waals surface area contributed by atoms with Crippen LogP contribution in [0, 0.1) is 0 Å². The number of alkyl halides is 21. The number of halogens is 21. The van der Waals surface area contributed by atoms with Crippen LogP contribution in [0.4, 0.5) is 92.2 Å². The Kier molecular flexibility index (Phi) is 10.9. The van der Waals surface area contributed by atoms with E-state index in [9.17, 15) is 92.2 Å². The van der Waals surface area contributed by atoms with Gasteiger partial charge in [-0.3, -0.25) is 0 Å². The Morgan fingerprint density at radius 2 is 0.683 bits per heavy atom. The number of hydrogen-bond acceptors (Lipinski definition) is 3. The van der Waals surface area contributed by atoms with Gasteiger partial charge in [0.2, 0.25) is 0 Å². The van der Waals surface area contributed by atoms with Crippen LogP contribution in [0.1, 0.15) is 20.8 Å². The second kappa shape index (κ2) is 11.3. The average Bonchev–Trinajstić information content (AvgIpc) is 2.77. The third-order valence-corrected chi connectivity index (χ3v) is 6.81. The van der Waals surface area contributed by atoms with Gasteiger partial charge in [-0.15, -0.1) is 0 Å². The Labute approximate surface area is 215 Å². The fraction of sp³-hybridized carbons (Fsp3) is 1.00. The Hall–Kier alpha value is -1.37. The molecule has 0 radical (unpaired) electrons. The van der Waals surface area contributed by atoms with Crippen LogP contribution < -0.4 is 0 Å². The quantitative estimate of drug-likeness (QED) is 0.133. The fourth-order valence-electron chi connectivity index (χ4n) is 2.48. The summed E-state index contributed by atoms with van der Waals surface area (Å²) in [5.74, 6) is -77.5. The van der Waals surface area contributed by atoms with Crippen LogP contribution in [-0.2, 0) is 13.3 Å². The van der Waals surface area contributed by atoms with E-state index >= 15 is 0 Å². The molecule has 0 saturated heterocycles. The van der Waals surface area contributed by atoms with E-state index in [1.807, 2.05) is 0 Å². The molecule has 0 aliphatic rings. The molecule has 0 aromatic heterocycles. The molecule has 25 heteroatoms. The summed E-state index contributed by atoms with van der Waals surface area (Å²) < 4.78 is 295. The van der Waals surface area contributed by atoms with Crippen molar-refractivity contribution in [1.29, 1.82) is 0 Å². The summed E-state index contributed by atoms with van der Waals surface area (Å²) in [6.45, 7) is 0.794. The molecule has 0 saturated carbocycles. The summed E-state index contributed by atoms with van der Waals surface area (Å²) in [7, 11) is -4.05. The van der Waals surface area contributed by atoms with Crippen molar-refractivity contribution >= 4 is 9.53 Å².